The number of anilines is 1. The predicted octanol–water partition coefficient (Wildman–Crippen LogP) is 3.73. The molecule has 0 aromatic heterocycles. The molecule has 0 spiro atoms. The van der Waals surface area contributed by atoms with E-state index in [1.807, 2.05) is 49.3 Å². The highest BCUT2D eigenvalue weighted by Gasteiger charge is 2.09. The fraction of sp³-hybridized carbons (Fsp3) is 0.333. The predicted molar refractivity (Wildman–Crippen MR) is 87.2 cm³/mol. The van der Waals surface area contributed by atoms with Crippen LogP contribution in [0.3, 0.4) is 0 Å². The summed E-state index contributed by atoms with van der Waals surface area (Å²) >= 11 is 0. The number of hydrogen-bond donors (Lipinski definition) is 2. The van der Waals surface area contributed by atoms with Gasteiger partial charge in [-0.15, -0.1) is 0 Å². The summed E-state index contributed by atoms with van der Waals surface area (Å²) in [4.78, 5) is 2.03. The molecule has 21 heavy (non-hydrogen) atoms. The van der Waals surface area contributed by atoms with E-state index >= 15 is 0 Å². The van der Waals surface area contributed by atoms with Crippen LogP contribution in [0.25, 0.3) is 0 Å². The molecule has 0 amide bonds. The number of unbranched alkanes of at least 4 members (excludes halogenated alkanes) is 1. The van der Waals surface area contributed by atoms with Crippen LogP contribution < -0.4 is 4.90 Å². The third-order valence-electron chi connectivity index (χ3n) is 3.72. The molecular weight excluding hydrogens is 262 g/mol. The lowest BCUT2D eigenvalue weighted by Crippen LogP contribution is -2.11. The van der Waals surface area contributed by atoms with Crippen molar-refractivity contribution in [2.45, 2.75) is 25.7 Å². The summed E-state index contributed by atoms with van der Waals surface area (Å²) in [6, 6.07) is 13.1. The fourth-order valence-corrected chi connectivity index (χ4v) is 2.58. The van der Waals surface area contributed by atoms with Gasteiger partial charge in [0.15, 0.2) is 0 Å². The van der Waals surface area contributed by atoms with Gasteiger partial charge in [0, 0.05) is 25.3 Å². The van der Waals surface area contributed by atoms with Crippen LogP contribution in [0.4, 0.5) is 5.69 Å². The molecule has 112 valence electrons. The standard InChI is InChI=1S/C18H23NO2/c1-19(2)16-11-7-13-18(21)15(16)10-5-3-8-14-9-4-6-12-17(14)20/h4,6-7,9,11-13,20-21H,3,5,8,10H2,1-2H3. The molecule has 0 aliphatic carbocycles. The number of hydrogen-bond acceptors (Lipinski definition) is 3. The van der Waals surface area contributed by atoms with E-state index in [1.54, 1.807) is 12.1 Å². The Morgan fingerprint density at radius 3 is 2.19 bits per heavy atom. The van der Waals surface area contributed by atoms with Crippen molar-refractivity contribution in [3.05, 3.63) is 53.6 Å². The molecule has 0 fully saturated rings. The van der Waals surface area contributed by atoms with Gasteiger partial charge in [0.1, 0.15) is 11.5 Å². The molecule has 0 atom stereocenters. The highest BCUT2D eigenvalue weighted by Crippen LogP contribution is 2.29. The number of rotatable bonds is 6. The molecule has 2 aromatic rings. The molecule has 0 aliphatic rings. The Balaban J connectivity index is 1.94. The minimum Gasteiger partial charge on any atom is -0.508 e. The van der Waals surface area contributed by atoms with E-state index in [9.17, 15) is 10.2 Å². The van der Waals surface area contributed by atoms with E-state index in [1.165, 1.54) is 0 Å². The zero-order valence-corrected chi connectivity index (χ0v) is 12.7. The minimum atomic E-state index is 0.365. The summed E-state index contributed by atoms with van der Waals surface area (Å²) in [6.07, 6.45) is 3.66. The SMILES string of the molecule is CN(C)c1cccc(O)c1CCCCc1ccccc1O. The first kappa shape index (κ1) is 15.2. The van der Waals surface area contributed by atoms with Crippen molar-refractivity contribution in [1.29, 1.82) is 0 Å². The Kier molecular flexibility index (Phi) is 5.09. The van der Waals surface area contributed by atoms with Crippen LogP contribution in [0.5, 0.6) is 11.5 Å². The Morgan fingerprint density at radius 2 is 1.48 bits per heavy atom. The monoisotopic (exact) mass is 285 g/mol. The second-order valence-corrected chi connectivity index (χ2v) is 5.51. The van der Waals surface area contributed by atoms with Crippen molar-refractivity contribution in [2.75, 3.05) is 19.0 Å². The summed E-state index contributed by atoms with van der Waals surface area (Å²) in [7, 11) is 3.97. The van der Waals surface area contributed by atoms with E-state index < -0.39 is 0 Å². The molecule has 0 radical (unpaired) electrons. The molecule has 0 heterocycles. The molecule has 0 bridgehead atoms. The van der Waals surface area contributed by atoms with Crippen LogP contribution in [0.2, 0.25) is 0 Å². The average molecular weight is 285 g/mol. The van der Waals surface area contributed by atoms with Gasteiger partial charge >= 0.3 is 0 Å². The lowest BCUT2D eigenvalue weighted by atomic mass is 10.0. The third kappa shape index (κ3) is 3.91. The van der Waals surface area contributed by atoms with Crippen LogP contribution >= 0.6 is 0 Å². The van der Waals surface area contributed by atoms with Crippen molar-refractivity contribution in [3.63, 3.8) is 0 Å². The number of para-hydroxylation sites is 1. The van der Waals surface area contributed by atoms with Crippen LogP contribution in [-0.2, 0) is 12.8 Å². The van der Waals surface area contributed by atoms with Crippen molar-refractivity contribution in [1.82, 2.24) is 0 Å². The lowest BCUT2D eigenvalue weighted by Gasteiger charge is -2.18. The van der Waals surface area contributed by atoms with Gasteiger partial charge in [-0.05, 0) is 49.4 Å². The number of phenolic OH excluding ortho intramolecular Hbond substituents is 2. The number of phenols is 2. The maximum absolute atomic E-state index is 10.0. The number of nitrogens with zero attached hydrogens (tertiary/aromatic N) is 1. The quantitative estimate of drug-likeness (QED) is 0.795. The smallest absolute Gasteiger partial charge is 0.120 e. The maximum atomic E-state index is 10.0. The van der Waals surface area contributed by atoms with Crippen LogP contribution in [0, 0.1) is 0 Å². The summed E-state index contributed by atoms with van der Waals surface area (Å²) in [6.45, 7) is 0. The van der Waals surface area contributed by atoms with Crippen molar-refractivity contribution in [3.8, 4) is 11.5 Å². The minimum absolute atomic E-state index is 0.365. The second kappa shape index (κ2) is 7.02. The van der Waals surface area contributed by atoms with E-state index in [-0.39, 0.29) is 0 Å². The normalized spacial score (nSPS) is 10.6. The van der Waals surface area contributed by atoms with Gasteiger partial charge in [-0.3, -0.25) is 0 Å². The highest BCUT2D eigenvalue weighted by molar-refractivity contribution is 5.58. The Morgan fingerprint density at radius 1 is 0.810 bits per heavy atom. The van der Waals surface area contributed by atoms with Gasteiger partial charge in [-0.1, -0.05) is 24.3 Å². The zero-order chi connectivity index (χ0) is 15.2. The number of aromatic hydroxyl groups is 2. The van der Waals surface area contributed by atoms with E-state index in [2.05, 4.69) is 0 Å². The van der Waals surface area contributed by atoms with E-state index in [0.717, 1.165) is 42.5 Å². The van der Waals surface area contributed by atoms with E-state index in [4.69, 9.17) is 0 Å². The Bertz CT molecular complexity index is 594. The van der Waals surface area contributed by atoms with Gasteiger partial charge in [-0.2, -0.15) is 0 Å². The lowest BCUT2D eigenvalue weighted by molar-refractivity contribution is 0.463. The second-order valence-electron chi connectivity index (χ2n) is 5.51. The number of aryl methyl sites for hydroxylation is 1. The first-order valence-electron chi connectivity index (χ1n) is 7.34. The molecular formula is C18H23NO2. The topological polar surface area (TPSA) is 43.7 Å². The molecule has 0 saturated carbocycles. The molecule has 0 aliphatic heterocycles. The van der Waals surface area contributed by atoms with Crippen LogP contribution in [0.15, 0.2) is 42.5 Å². The molecule has 2 aromatic carbocycles. The molecule has 0 unspecified atom stereocenters. The van der Waals surface area contributed by atoms with Crippen molar-refractivity contribution < 1.29 is 10.2 Å². The average Bonchev–Trinajstić information content (AvgIpc) is 2.46. The summed E-state index contributed by atoms with van der Waals surface area (Å²) < 4.78 is 0. The Labute approximate surface area is 126 Å². The first-order valence-corrected chi connectivity index (χ1v) is 7.34. The van der Waals surface area contributed by atoms with Gasteiger partial charge < -0.3 is 15.1 Å². The van der Waals surface area contributed by atoms with Gasteiger partial charge in [0.2, 0.25) is 0 Å². The first-order chi connectivity index (χ1) is 10.1. The molecule has 2 N–H and O–H groups in total. The van der Waals surface area contributed by atoms with Crippen LogP contribution in [0.1, 0.15) is 24.0 Å². The summed E-state index contributed by atoms with van der Waals surface area (Å²) in [5, 5.41) is 19.8. The molecule has 0 saturated heterocycles. The largest absolute Gasteiger partial charge is 0.508 e. The van der Waals surface area contributed by atoms with Crippen molar-refractivity contribution >= 4 is 5.69 Å². The third-order valence-corrected chi connectivity index (χ3v) is 3.72. The summed E-state index contributed by atoms with van der Waals surface area (Å²) in [5.74, 6) is 0.734. The van der Waals surface area contributed by atoms with Gasteiger partial charge in [0.25, 0.3) is 0 Å². The number of benzene rings is 2. The summed E-state index contributed by atoms with van der Waals surface area (Å²) in [5.41, 5.74) is 3.06. The van der Waals surface area contributed by atoms with Crippen molar-refractivity contribution in [2.24, 2.45) is 0 Å². The Hall–Kier alpha value is -2.16. The van der Waals surface area contributed by atoms with Crippen LogP contribution in [-0.4, -0.2) is 24.3 Å². The van der Waals surface area contributed by atoms with Gasteiger partial charge in [-0.25, -0.2) is 0 Å². The highest BCUT2D eigenvalue weighted by atomic mass is 16.3. The maximum Gasteiger partial charge on any atom is 0.120 e. The zero-order valence-electron chi connectivity index (χ0n) is 12.7. The fourth-order valence-electron chi connectivity index (χ4n) is 2.58. The molecule has 2 rings (SSSR count). The molecule has 3 nitrogen and oxygen atoms in total. The van der Waals surface area contributed by atoms with Gasteiger partial charge in [0.05, 0.1) is 0 Å². The van der Waals surface area contributed by atoms with E-state index in [0.29, 0.717) is 11.5 Å². The molecule has 3 heteroatoms.